The highest BCUT2D eigenvalue weighted by Crippen LogP contribution is 2.21. The van der Waals surface area contributed by atoms with Gasteiger partial charge in [0.15, 0.2) is 0 Å². The minimum absolute atomic E-state index is 0.250. The fourth-order valence-corrected chi connectivity index (χ4v) is 3.09. The molecule has 3 rings (SSSR count). The molecule has 1 aliphatic heterocycles. The van der Waals surface area contributed by atoms with E-state index in [2.05, 4.69) is 52.6 Å². The van der Waals surface area contributed by atoms with Gasteiger partial charge in [-0.05, 0) is 56.6 Å². The molecule has 1 aromatic carbocycles. The summed E-state index contributed by atoms with van der Waals surface area (Å²) >= 11 is 0. The minimum atomic E-state index is 0.250. The average molecular weight is 284 g/mol. The number of hydrogen-bond donors (Lipinski definition) is 1. The van der Waals surface area contributed by atoms with Crippen LogP contribution in [0.4, 0.5) is 5.69 Å². The van der Waals surface area contributed by atoms with Crippen LogP contribution in [0.1, 0.15) is 37.1 Å². The van der Waals surface area contributed by atoms with Crippen molar-refractivity contribution in [2.24, 2.45) is 7.05 Å². The molecule has 0 radical (unpaired) electrons. The molecule has 4 heteroatoms. The molecule has 21 heavy (non-hydrogen) atoms. The van der Waals surface area contributed by atoms with Crippen LogP contribution in [0.2, 0.25) is 0 Å². The first-order valence-corrected chi connectivity index (χ1v) is 7.78. The Hall–Kier alpha value is -1.81. The Bertz CT molecular complexity index is 584. The highest BCUT2D eigenvalue weighted by molar-refractivity contribution is 5.47. The maximum absolute atomic E-state index is 4.24. The van der Waals surface area contributed by atoms with Crippen LogP contribution in [0.3, 0.4) is 0 Å². The maximum Gasteiger partial charge on any atom is 0.0653 e. The summed E-state index contributed by atoms with van der Waals surface area (Å²) in [7, 11) is 1.98. The van der Waals surface area contributed by atoms with Crippen LogP contribution >= 0.6 is 0 Å². The van der Waals surface area contributed by atoms with Crippen molar-refractivity contribution >= 4 is 5.69 Å². The predicted molar refractivity (Wildman–Crippen MR) is 86.2 cm³/mol. The zero-order valence-electron chi connectivity index (χ0n) is 12.9. The smallest absolute Gasteiger partial charge is 0.0653 e. The van der Waals surface area contributed by atoms with Crippen LogP contribution in [0.25, 0.3) is 0 Å². The number of likely N-dealkylation sites (tertiary alicyclic amines) is 1. The van der Waals surface area contributed by atoms with Gasteiger partial charge in [-0.2, -0.15) is 5.10 Å². The SMILES string of the molecule is CC(Nc1cccc(CN2CCCC2)c1)c1ccnn1C. The van der Waals surface area contributed by atoms with Gasteiger partial charge in [0.2, 0.25) is 0 Å². The van der Waals surface area contributed by atoms with E-state index in [-0.39, 0.29) is 6.04 Å². The first kappa shape index (κ1) is 14.1. The highest BCUT2D eigenvalue weighted by atomic mass is 15.3. The van der Waals surface area contributed by atoms with E-state index in [0.29, 0.717) is 0 Å². The average Bonchev–Trinajstić information content (AvgIpc) is 3.10. The number of nitrogens with zero attached hydrogens (tertiary/aromatic N) is 3. The summed E-state index contributed by atoms with van der Waals surface area (Å²) < 4.78 is 1.92. The number of benzene rings is 1. The predicted octanol–water partition coefficient (Wildman–Crippen LogP) is 3.19. The maximum atomic E-state index is 4.24. The van der Waals surface area contributed by atoms with Crippen LogP contribution in [-0.4, -0.2) is 27.8 Å². The number of rotatable bonds is 5. The molecule has 0 aliphatic carbocycles. The normalized spacial score (nSPS) is 17.0. The molecule has 1 N–H and O–H groups in total. The van der Waals surface area contributed by atoms with Gasteiger partial charge >= 0.3 is 0 Å². The Labute approximate surface area is 126 Å². The highest BCUT2D eigenvalue weighted by Gasteiger charge is 2.13. The zero-order chi connectivity index (χ0) is 14.7. The van der Waals surface area contributed by atoms with Crippen molar-refractivity contribution in [1.29, 1.82) is 0 Å². The zero-order valence-corrected chi connectivity index (χ0v) is 12.9. The Morgan fingerprint density at radius 2 is 2.05 bits per heavy atom. The van der Waals surface area contributed by atoms with Crippen LogP contribution in [0.15, 0.2) is 36.5 Å². The second kappa shape index (κ2) is 6.31. The van der Waals surface area contributed by atoms with E-state index in [9.17, 15) is 0 Å². The number of anilines is 1. The van der Waals surface area contributed by atoms with Gasteiger partial charge in [0.05, 0.1) is 11.7 Å². The van der Waals surface area contributed by atoms with E-state index in [1.807, 2.05) is 17.9 Å². The third kappa shape index (κ3) is 3.45. The summed E-state index contributed by atoms with van der Waals surface area (Å²) in [5.74, 6) is 0. The molecule has 0 amide bonds. The van der Waals surface area contributed by atoms with Gasteiger partial charge in [-0.25, -0.2) is 0 Å². The molecule has 1 aliphatic rings. The van der Waals surface area contributed by atoms with Gasteiger partial charge in [-0.1, -0.05) is 12.1 Å². The summed E-state index contributed by atoms with van der Waals surface area (Å²) in [6.45, 7) is 5.71. The van der Waals surface area contributed by atoms with Gasteiger partial charge in [0.1, 0.15) is 0 Å². The van der Waals surface area contributed by atoms with Crippen molar-refractivity contribution in [2.45, 2.75) is 32.4 Å². The van der Waals surface area contributed by atoms with E-state index in [1.165, 1.54) is 42.9 Å². The number of aryl methyl sites for hydroxylation is 1. The lowest BCUT2D eigenvalue weighted by Gasteiger charge is -2.18. The van der Waals surface area contributed by atoms with Crippen LogP contribution in [-0.2, 0) is 13.6 Å². The van der Waals surface area contributed by atoms with E-state index < -0.39 is 0 Å². The topological polar surface area (TPSA) is 33.1 Å². The van der Waals surface area contributed by atoms with E-state index in [4.69, 9.17) is 0 Å². The lowest BCUT2D eigenvalue weighted by atomic mass is 10.1. The second-order valence-corrected chi connectivity index (χ2v) is 5.93. The summed E-state index contributed by atoms with van der Waals surface area (Å²) in [6.07, 6.45) is 4.53. The molecule has 2 aromatic rings. The second-order valence-electron chi connectivity index (χ2n) is 5.93. The van der Waals surface area contributed by atoms with Crippen LogP contribution < -0.4 is 5.32 Å². The van der Waals surface area contributed by atoms with Gasteiger partial charge < -0.3 is 5.32 Å². The molecule has 1 unspecified atom stereocenters. The summed E-state index contributed by atoms with van der Waals surface area (Å²) in [5, 5.41) is 7.81. The Morgan fingerprint density at radius 3 is 2.76 bits per heavy atom. The first-order chi connectivity index (χ1) is 10.2. The largest absolute Gasteiger partial charge is 0.377 e. The molecular weight excluding hydrogens is 260 g/mol. The van der Waals surface area contributed by atoms with Crippen LogP contribution in [0, 0.1) is 0 Å². The summed E-state index contributed by atoms with van der Waals surface area (Å²) in [6, 6.07) is 11.1. The minimum Gasteiger partial charge on any atom is -0.377 e. The number of nitrogens with one attached hydrogen (secondary N) is 1. The monoisotopic (exact) mass is 284 g/mol. The Morgan fingerprint density at radius 1 is 1.24 bits per heavy atom. The van der Waals surface area contributed by atoms with Crippen molar-refractivity contribution in [1.82, 2.24) is 14.7 Å². The molecule has 0 spiro atoms. The lowest BCUT2D eigenvalue weighted by molar-refractivity contribution is 0.331. The lowest BCUT2D eigenvalue weighted by Crippen LogP contribution is -2.18. The third-order valence-corrected chi connectivity index (χ3v) is 4.22. The first-order valence-electron chi connectivity index (χ1n) is 7.78. The van der Waals surface area contributed by atoms with Gasteiger partial charge in [-0.15, -0.1) is 0 Å². The molecule has 112 valence electrons. The summed E-state index contributed by atoms with van der Waals surface area (Å²) in [4.78, 5) is 2.53. The molecule has 1 saturated heterocycles. The quantitative estimate of drug-likeness (QED) is 0.915. The van der Waals surface area contributed by atoms with Gasteiger partial charge in [0.25, 0.3) is 0 Å². The van der Waals surface area contributed by atoms with Crippen molar-refractivity contribution in [3.05, 3.63) is 47.8 Å². The Kier molecular flexibility index (Phi) is 4.25. The molecule has 1 fully saturated rings. The van der Waals surface area contributed by atoms with Crippen LogP contribution in [0.5, 0.6) is 0 Å². The molecule has 0 saturated carbocycles. The fraction of sp³-hybridized carbons (Fsp3) is 0.471. The third-order valence-electron chi connectivity index (χ3n) is 4.22. The molecule has 4 nitrogen and oxygen atoms in total. The van der Waals surface area contributed by atoms with Gasteiger partial charge in [-0.3, -0.25) is 9.58 Å². The summed E-state index contributed by atoms with van der Waals surface area (Å²) in [5.41, 5.74) is 3.76. The van der Waals surface area contributed by atoms with E-state index in [0.717, 1.165) is 6.54 Å². The molecule has 1 aromatic heterocycles. The van der Waals surface area contributed by atoms with Crippen molar-refractivity contribution in [2.75, 3.05) is 18.4 Å². The van der Waals surface area contributed by atoms with Crippen molar-refractivity contribution < 1.29 is 0 Å². The van der Waals surface area contributed by atoms with Gasteiger partial charge in [0, 0.05) is 25.5 Å². The number of aromatic nitrogens is 2. The standard InChI is InChI=1S/C17H24N4/c1-14(17-8-9-18-20(17)2)19-16-7-5-6-15(12-16)13-21-10-3-4-11-21/h5-9,12,14,19H,3-4,10-11,13H2,1-2H3. The van der Waals surface area contributed by atoms with Crippen molar-refractivity contribution in [3.63, 3.8) is 0 Å². The Balaban J connectivity index is 1.66. The molecule has 0 bridgehead atoms. The van der Waals surface area contributed by atoms with E-state index >= 15 is 0 Å². The van der Waals surface area contributed by atoms with Crippen molar-refractivity contribution in [3.8, 4) is 0 Å². The van der Waals surface area contributed by atoms with E-state index in [1.54, 1.807) is 0 Å². The fourth-order valence-electron chi connectivity index (χ4n) is 3.09. The molecule has 1 atom stereocenters. The number of hydrogen-bond acceptors (Lipinski definition) is 3. The molecule has 2 heterocycles. The molecular formula is C17H24N4.